The molecule has 0 aliphatic heterocycles. The summed E-state index contributed by atoms with van der Waals surface area (Å²) in [5.41, 5.74) is 0.584. The van der Waals surface area contributed by atoms with Crippen LogP contribution in [0, 0.1) is 0 Å². The van der Waals surface area contributed by atoms with Crippen LogP contribution in [-0.2, 0) is 9.59 Å². The van der Waals surface area contributed by atoms with Crippen molar-refractivity contribution < 1.29 is 38.9 Å². The Morgan fingerprint density at radius 1 is 1.06 bits per heavy atom. The summed E-state index contributed by atoms with van der Waals surface area (Å²) in [6.07, 6.45) is 1.12. The summed E-state index contributed by atoms with van der Waals surface area (Å²) in [6, 6.07) is 5.02. The predicted octanol–water partition coefficient (Wildman–Crippen LogP) is 1.42. The Morgan fingerprint density at radius 2 is 1.71 bits per heavy atom. The van der Waals surface area contributed by atoms with Crippen LogP contribution in [-0.4, -0.2) is 85.3 Å². The van der Waals surface area contributed by atoms with Crippen LogP contribution in [0.3, 0.4) is 0 Å². The zero-order chi connectivity index (χ0) is 25.7. The van der Waals surface area contributed by atoms with Crippen molar-refractivity contribution in [1.82, 2.24) is 15.2 Å². The third-order valence-electron chi connectivity index (χ3n) is 3.82. The van der Waals surface area contributed by atoms with Crippen molar-refractivity contribution in [2.24, 2.45) is 0 Å². The second-order valence-electron chi connectivity index (χ2n) is 6.60. The Hall–Kier alpha value is -3.97. The maximum Gasteiger partial charge on any atom is 0.328 e. The highest BCUT2D eigenvalue weighted by molar-refractivity contribution is 7.14. The minimum atomic E-state index is -1.26. The molecule has 2 amide bonds. The maximum atomic E-state index is 12.5. The van der Waals surface area contributed by atoms with Gasteiger partial charge < -0.3 is 29.9 Å². The maximum absolute atomic E-state index is 12.5. The second kappa shape index (κ2) is 14.2. The summed E-state index contributed by atoms with van der Waals surface area (Å²) in [6.45, 7) is 1.25. The highest BCUT2D eigenvalue weighted by atomic mass is 32.1. The third-order valence-corrected chi connectivity index (χ3v) is 4.58. The van der Waals surface area contributed by atoms with Crippen molar-refractivity contribution in [1.29, 1.82) is 0 Å². The summed E-state index contributed by atoms with van der Waals surface area (Å²) in [5.74, 6) is -2.39. The second-order valence-corrected chi connectivity index (χ2v) is 7.46. The number of hydrogen-bond acceptors (Lipinski definition) is 9. The van der Waals surface area contributed by atoms with Crippen molar-refractivity contribution in [2.75, 3.05) is 46.7 Å². The lowest BCUT2D eigenvalue weighted by molar-refractivity contribution is -0.134. The fraction of sp³-hybridized carbons (Fsp3) is 0.286. The van der Waals surface area contributed by atoms with Gasteiger partial charge in [-0.25, -0.2) is 14.6 Å². The Balaban J connectivity index is 0.000000620. The van der Waals surface area contributed by atoms with Crippen molar-refractivity contribution in [2.45, 2.75) is 0 Å². The van der Waals surface area contributed by atoms with Gasteiger partial charge in [0.15, 0.2) is 16.6 Å². The number of aliphatic carboxylic acids is 2. The van der Waals surface area contributed by atoms with Crippen LogP contribution in [0.2, 0.25) is 0 Å². The zero-order valence-electron chi connectivity index (χ0n) is 19.0. The van der Waals surface area contributed by atoms with Gasteiger partial charge in [-0.1, -0.05) is 6.07 Å². The molecular weight excluding hydrogens is 468 g/mol. The molecule has 0 saturated carbocycles. The number of carboxylic acids is 2. The van der Waals surface area contributed by atoms with Crippen molar-refractivity contribution in [3.05, 3.63) is 47.0 Å². The SMILES string of the molecule is COc1cccc(C(=O)Nc2nc(C(=O)NCCN(C)C)cs2)c1OC.O=C(O)C=CC(=O)O. The average molecular weight is 495 g/mol. The molecule has 1 aromatic carbocycles. The third kappa shape index (κ3) is 9.67. The number of anilines is 1. The fourth-order valence-electron chi connectivity index (χ4n) is 2.29. The Labute approximate surface area is 199 Å². The number of aromatic nitrogens is 1. The Bertz CT molecular complexity index is 1020. The minimum absolute atomic E-state index is 0.265. The normalized spacial score (nSPS) is 10.3. The summed E-state index contributed by atoms with van der Waals surface area (Å²) in [4.78, 5) is 49.8. The molecule has 1 heterocycles. The van der Waals surface area contributed by atoms with Crippen LogP contribution in [0.5, 0.6) is 11.5 Å². The van der Waals surface area contributed by atoms with Gasteiger partial charge in [0.25, 0.3) is 11.8 Å². The number of hydrogen-bond donors (Lipinski definition) is 4. The molecule has 0 atom stereocenters. The first-order valence-electron chi connectivity index (χ1n) is 9.63. The molecule has 0 aliphatic rings. The van der Waals surface area contributed by atoms with E-state index < -0.39 is 17.8 Å². The molecule has 0 aliphatic carbocycles. The number of ether oxygens (including phenoxy) is 2. The number of nitrogens with zero attached hydrogens (tertiary/aromatic N) is 2. The standard InChI is InChI=1S/C17H22N4O4S.C4H4O4/c1-21(2)9-8-18-16(23)12-10-26-17(19-12)20-15(22)11-6-5-7-13(24-3)14(11)25-4;5-3(6)1-2-4(7)8/h5-7,10H,8-9H2,1-4H3,(H,18,23)(H,19,20,22);1-2H,(H,5,6)(H,7,8). The molecular formula is C21H26N4O8S. The van der Waals surface area contributed by atoms with Crippen molar-refractivity contribution in [3.8, 4) is 11.5 Å². The number of methoxy groups -OCH3 is 2. The Kier molecular flexibility index (Phi) is 11.7. The lowest BCUT2D eigenvalue weighted by Crippen LogP contribution is -2.31. The largest absolute Gasteiger partial charge is 0.493 e. The summed E-state index contributed by atoms with van der Waals surface area (Å²) >= 11 is 1.18. The van der Waals surface area contributed by atoms with Crippen LogP contribution in [0.1, 0.15) is 20.8 Å². The number of rotatable bonds is 10. The van der Waals surface area contributed by atoms with Gasteiger partial charge in [-0.3, -0.25) is 14.9 Å². The number of para-hydroxylation sites is 1. The highest BCUT2D eigenvalue weighted by Crippen LogP contribution is 2.31. The topological polar surface area (TPSA) is 167 Å². The molecule has 0 saturated heterocycles. The van der Waals surface area contributed by atoms with Gasteiger partial charge in [0.1, 0.15) is 5.69 Å². The summed E-state index contributed by atoms with van der Waals surface area (Å²) in [7, 11) is 6.82. The number of carbonyl (C=O) groups is 4. The van der Waals surface area contributed by atoms with Crippen LogP contribution in [0.4, 0.5) is 5.13 Å². The molecule has 0 radical (unpaired) electrons. The summed E-state index contributed by atoms with van der Waals surface area (Å²) in [5, 5.41) is 23.0. The van der Waals surface area contributed by atoms with E-state index in [9.17, 15) is 19.2 Å². The predicted molar refractivity (Wildman–Crippen MR) is 125 cm³/mol. The Morgan fingerprint density at radius 3 is 2.24 bits per heavy atom. The van der Waals surface area contributed by atoms with Gasteiger partial charge >= 0.3 is 11.9 Å². The van der Waals surface area contributed by atoms with Crippen molar-refractivity contribution in [3.63, 3.8) is 0 Å². The van der Waals surface area contributed by atoms with E-state index >= 15 is 0 Å². The van der Waals surface area contributed by atoms with Crippen LogP contribution < -0.4 is 20.1 Å². The quantitative estimate of drug-likeness (QED) is 0.355. The van der Waals surface area contributed by atoms with E-state index in [4.69, 9.17) is 19.7 Å². The molecule has 0 bridgehead atoms. The van der Waals surface area contributed by atoms with E-state index in [1.165, 1.54) is 25.6 Å². The van der Waals surface area contributed by atoms with Gasteiger partial charge in [-0.15, -0.1) is 11.3 Å². The minimum Gasteiger partial charge on any atom is -0.493 e. The highest BCUT2D eigenvalue weighted by Gasteiger charge is 2.18. The van der Waals surface area contributed by atoms with E-state index in [0.717, 1.165) is 6.54 Å². The van der Waals surface area contributed by atoms with E-state index in [1.807, 2.05) is 19.0 Å². The lowest BCUT2D eigenvalue weighted by Gasteiger charge is -2.11. The van der Waals surface area contributed by atoms with Gasteiger partial charge in [-0.05, 0) is 26.2 Å². The number of amides is 2. The first-order chi connectivity index (χ1) is 16.1. The van der Waals surface area contributed by atoms with E-state index in [0.29, 0.717) is 40.9 Å². The molecule has 2 aromatic rings. The average Bonchev–Trinajstić information content (AvgIpc) is 3.25. The molecule has 34 heavy (non-hydrogen) atoms. The number of carbonyl (C=O) groups excluding carboxylic acids is 2. The van der Waals surface area contributed by atoms with E-state index in [1.54, 1.807) is 23.6 Å². The van der Waals surface area contributed by atoms with Crippen LogP contribution >= 0.6 is 11.3 Å². The van der Waals surface area contributed by atoms with Gasteiger partial charge in [0, 0.05) is 30.6 Å². The molecule has 1 aromatic heterocycles. The van der Waals surface area contributed by atoms with Gasteiger partial charge in [-0.2, -0.15) is 0 Å². The zero-order valence-corrected chi connectivity index (χ0v) is 19.8. The molecule has 0 fully saturated rings. The summed E-state index contributed by atoms with van der Waals surface area (Å²) < 4.78 is 10.5. The number of carboxylic acid groups (broad SMARTS) is 2. The fourth-order valence-corrected chi connectivity index (χ4v) is 2.98. The molecule has 12 nitrogen and oxygen atoms in total. The lowest BCUT2D eigenvalue weighted by atomic mass is 10.1. The van der Waals surface area contributed by atoms with Crippen LogP contribution in [0.25, 0.3) is 0 Å². The molecule has 0 spiro atoms. The smallest absolute Gasteiger partial charge is 0.328 e. The number of thiazole rings is 1. The van der Waals surface area contributed by atoms with Crippen LogP contribution in [0.15, 0.2) is 35.7 Å². The molecule has 2 rings (SSSR count). The first kappa shape index (κ1) is 28.1. The van der Waals surface area contributed by atoms with Gasteiger partial charge in [0.05, 0.1) is 19.8 Å². The molecule has 4 N–H and O–H groups in total. The molecule has 13 heteroatoms. The van der Waals surface area contributed by atoms with E-state index in [-0.39, 0.29) is 11.6 Å². The molecule has 184 valence electrons. The number of benzene rings is 1. The van der Waals surface area contributed by atoms with Gasteiger partial charge in [0.2, 0.25) is 0 Å². The molecule has 0 unspecified atom stereocenters. The van der Waals surface area contributed by atoms with Crippen molar-refractivity contribution >= 4 is 40.2 Å². The number of likely N-dealkylation sites (N-methyl/N-ethyl adjacent to an activating group) is 1. The van der Waals surface area contributed by atoms with E-state index in [2.05, 4.69) is 15.6 Å². The number of nitrogens with one attached hydrogen (secondary N) is 2. The first-order valence-corrected chi connectivity index (χ1v) is 10.5. The monoisotopic (exact) mass is 494 g/mol.